The predicted octanol–water partition coefficient (Wildman–Crippen LogP) is 2.16. The van der Waals surface area contributed by atoms with Gasteiger partial charge >= 0.3 is 0 Å². The normalized spacial score (nSPS) is 19.0. The Morgan fingerprint density at radius 2 is 2.12 bits per heavy atom. The van der Waals surface area contributed by atoms with Gasteiger partial charge in [0, 0.05) is 31.7 Å². The smallest absolute Gasteiger partial charge is 0.244 e. The van der Waals surface area contributed by atoms with Crippen LogP contribution in [0.25, 0.3) is 0 Å². The molecular formula is C17H24Cl2N4O3. The van der Waals surface area contributed by atoms with Crippen molar-refractivity contribution in [2.75, 3.05) is 18.5 Å². The highest BCUT2D eigenvalue weighted by molar-refractivity contribution is 5.95. The number of benzene rings is 1. The largest absolute Gasteiger partial charge is 0.486 e. The van der Waals surface area contributed by atoms with Gasteiger partial charge in [0.1, 0.15) is 24.2 Å². The second-order valence-electron chi connectivity index (χ2n) is 5.76. The number of nitrogens with zero attached hydrogens (tertiary/aromatic N) is 2. The summed E-state index contributed by atoms with van der Waals surface area (Å²) in [6.45, 7) is 3.61. The lowest BCUT2D eigenvalue weighted by atomic mass is 10.1. The second-order valence-corrected chi connectivity index (χ2v) is 5.76. The summed E-state index contributed by atoms with van der Waals surface area (Å²) in [5, 5.41) is 6.07. The third-order valence-corrected chi connectivity index (χ3v) is 4.01. The van der Waals surface area contributed by atoms with E-state index in [2.05, 4.69) is 15.6 Å². The monoisotopic (exact) mass is 402 g/mol. The molecule has 144 valence electrons. The molecule has 0 saturated carbocycles. The first-order chi connectivity index (χ1) is 11.6. The third-order valence-electron chi connectivity index (χ3n) is 4.01. The number of carbonyl (C=O) groups is 1. The Bertz CT molecular complexity index is 694. The lowest BCUT2D eigenvalue weighted by molar-refractivity contribution is -0.123. The minimum atomic E-state index is -0.335. The van der Waals surface area contributed by atoms with Crippen LogP contribution in [0, 0.1) is 0 Å². The number of morpholine rings is 1. The number of aromatic nitrogens is 2. The van der Waals surface area contributed by atoms with Crippen molar-refractivity contribution in [3.63, 3.8) is 0 Å². The van der Waals surface area contributed by atoms with E-state index in [-0.39, 0.29) is 42.9 Å². The van der Waals surface area contributed by atoms with Crippen LogP contribution in [0.5, 0.6) is 5.75 Å². The van der Waals surface area contributed by atoms with Crippen LogP contribution in [0.2, 0.25) is 0 Å². The van der Waals surface area contributed by atoms with Crippen molar-refractivity contribution < 1.29 is 14.3 Å². The molecule has 2 aromatic rings. The van der Waals surface area contributed by atoms with Crippen molar-refractivity contribution in [2.24, 2.45) is 7.05 Å². The molecule has 0 radical (unpaired) electrons. The molecule has 1 fully saturated rings. The van der Waals surface area contributed by atoms with Gasteiger partial charge in [0.15, 0.2) is 0 Å². The Balaban J connectivity index is 0.00000169. The zero-order valence-electron chi connectivity index (χ0n) is 14.7. The van der Waals surface area contributed by atoms with E-state index >= 15 is 0 Å². The van der Waals surface area contributed by atoms with Gasteiger partial charge in [-0.1, -0.05) is 0 Å². The average molecular weight is 403 g/mol. The number of imidazole rings is 1. The first-order valence-electron chi connectivity index (χ1n) is 7.98. The quantitative estimate of drug-likeness (QED) is 0.800. The number of carbonyl (C=O) groups excluding carboxylic acids is 1. The predicted molar refractivity (Wildman–Crippen MR) is 104 cm³/mol. The molecule has 1 aliphatic rings. The van der Waals surface area contributed by atoms with Crippen LogP contribution in [0.1, 0.15) is 12.7 Å². The van der Waals surface area contributed by atoms with Crippen molar-refractivity contribution in [1.29, 1.82) is 0 Å². The standard InChI is InChI=1S/C17H22N4O3.2ClH/c1-12-16(19-8-10-23-12)17(22)20-13-3-5-14(6-4-13)24-11-15-18-7-9-21(15)2;;/h3-7,9,12,16,19H,8,10-11H2,1-2H3,(H,20,22);2*1H/t12-,16+;;/m1../s1. The van der Waals surface area contributed by atoms with Crippen LogP contribution in [-0.4, -0.2) is 40.8 Å². The van der Waals surface area contributed by atoms with Crippen LogP contribution >= 0.6 is 24.8 Å². The van der Waals surface area contributed by atoms with Crippen molar-refractivity contribution in [3.05, 3.63) is 42.5 Å². The second kappa shape index (κ2) is 10.4. The molecule has 1 aromatic carbocycles. The van der Waals surface area contributed by atoms with Crippen molar-refractivity contribution in [3.8, 4) is 5.75 Å². The maximum Gasteiger partial charge on any atom is 0.244 e. The zero-order chi connectivity index (χ0) is 16.9. The average Bonchev–Trinajstić information content (AvgIpc) is 2.99. The highest BCUT2D eigenvalue weighted by atomic mass is 35.5. The number of halogens is 2. The molecule has 0 spiro atoms. The summed E-state index contributed by atoms with van der Waals surface area (Å²) in [5.41, 5.74) is 0.726. The maximum absolute atomic E-state index is 12.3. The van der Waals surface area contributed by atoms with Gasteiger partial charge in [-0.25, -0.2) is 4.98 Å². The van der Waals surface area contributed by atoms with Crippen LogP contribution in [0.4, 0.5) is 5.69 Å². The Morgan fingerprint density at radius 1 is 1.38 bits per heavy atom. The summed E-state index contributed by atoms with van der Waals surface area (Å²) in [6, 6.07) is 6.96. The van der Waals surface area contributed by atoms with Gasteiger partial charge in [0.2, 0.25) is 5.91 Å². The highest BCUT2D eigenvalue weighted by Crippen LogP contribution is 2.17. The van der Waals surface area contributed by atoms with Crippen LogP contribution in [0.15, 0.2) is 36.7 Å². The van der Waals surface area contributed by atoms with Crippen LogP contribution < -0.4 is 15.4 Å². The molecule has 9 heteroatoms. The minimum absolute atomic E-state index is 0. The molecule has 2 heterocycles. The number of rotatable bonds is 5. The fourth-order valence-corrected chi connectivity index (χ4v) is 2.57. The lowest BCUT2D eigenvalue weighted by Crippen LogP contribution is -2.53. The summed E-state index contributed by atoms with van der Waals surface area (Å²) < 4.78 is 13.1. The Labute approximate surface area is 165 Å². The van der Waals surface area contributed by atoms with E-state index in [1.54, 1.807) is 6.20 Å². The molecule has 1 aromatic heterocycles. The molecule has 1 aliphatic heterocycles. The molecule has 0 unspecified atom stereocenters. The molecule has 3 rings (SSSR count). The number of nitrogens with one attached hydrogen (secondary N) is 2. The number of hydrogen-bond donors (Lipinski definition) is 2. The summed E-state index contributed by atoms with van der Waals surface area (Å²) in [7, 11) is 1.92. The van der Waals surface area contributed by atoms with E-state index in [1.807, 2.05) is 49.0 Å². The molecule has 1 amide bonds. The molecular weight excluding hydrogens is 379 g/mol. The van der Waals surface area contributed by atoms with Gasteiger partial charge in [0.05, 0.1) is 12.7 Å². The Morgan fingerprint density at radius 3 is 2.73 bits per heavy atom. The Hall–Kier alpha value is -1.80. The fraction of sp³-hybridized carbons (Fsp3) is 0.412. The van der Waals surface area contributed by atoms with Gasteiger partial charge in [0.25, 0.3) is 0 Å². The molecule has 1 saturated heterocycles. The number of anilines is 1. The molecule has 7 nitrogen and oxygen atoms in total. The summed E-state index contributed by atoms with van der Waals surface area (Å²) >= 11 is 0. The van der Waals surface area contributed by atoms with Crippen molar-refractivity contribution in [1.82, 2.24) is 14.9 Å². The summed E-state index contributed by atoms with van der Waals surface area (Å²) in [4.78, 5) is 16.5. The van der Waals surface area contributed by atoms with E-state index in [4.69, 9.17) is 9.47 Å². The van der Waals surface area contributed by atoms with E-state index in [1.165, 1.54) is 0 Å². The first kappa shape index (κ1) is 22.2. The first-order valence-corrected chi connectivity index (χ1v) is 7.98. The number of amides is 1. The SMILES string of the molecule is C[C@H]1OCCN[C@@H]1C(=O)Nc1ccc(OCc2nccn2C)cc1.Cl.Cl. The van der Waals surface area contributed by atoms with Crippen molar-refractivity contribution >= 4 is 36.4 Å². The number of ether oxygens (including phenoxy) is 2. The molecule has 2 N–H and O–H groups in total. The fourth-order valence-electron chi connectivity index (χ4n) is 2.57. The zero-order valence-corrected chi connectivity index (χ0v) is 16.3. The van der Waals surface area contributed by atoms with Gasteiger partial charge in [-0.2, -0.15) is 0 Å². The third kappa shape index (κ3) is 5.60. The van der Waals surface area contributed by atoms with Crippen LogP contribution in [0.3, 0.4) is 0 Å². The Kier molecular flexibility index (Phi) is 8.87. The summed E-state index contributed by atoms with van der Waals surface area (Å²) in [5.74, 6) is 1.48. The van der Waals surface area contributed by atoms with E-state index in [0.29, 0.717) is 19.8 Å². The molecule has 26 heavy (non-hydrogen) atoms. The lowest BCUT2D eigenvalue weighted by Gasteiger charge is -2.29. The number of hydrogen-bond acceptors (Lipinski definition) is 5. The molecule has 2 atom stereocenters. The summed E-state index contributed by atoms with van der Waals surface area (Å²) in [6.07, 6.45) is 3.47. The van der Waals surface area contributed by atoms with Gasteiger partial charge in [-0.15, -0.1) is 24.8 Å². The van der Waals surface area contributed by atoms with Crippen LogP contribution in [-0.2, 0) is 23.2 Å². The number of aryl methyl sites for hydroxylation is 1. The van der Waals surface area contributed by atoms with Crippen molar-refractivity contribution in [2.45, 2.75) is 25.7 Å². The van der Waals surface area contributed by atoms with E-state index in [9.17, 15) is 4.79 Å². The highest BCUT2D eigenvalue weighted by Gasteiger charge is 2.28. The molecule has 0 aliphatic carbocycles. The minimum Gasteiger partial charge on any atom is -0.486 e. The van der Waals surface area contributed by atoms with E-state index < -0.39 is 0 Å². The maximum atomic E-state index is 12.3. The van der Waals surface area contributed by atoms with Gasteiger partial charge in [-0.05, 0) is 31.2 Å². The van der Waals surface area contributed by atoms with Gasteiger partial charge in [-0.3, -0.25) is 4.79 Å². The van der Waals surface area contributed by atoms with Gasteiger partial charge < -0.3 is 24.7 Å². The molecule has 0 bridgehead atoms. The van der Waals surface area contributed by atoms with E-state index in [0.717, 1.165) is 17.3 Å². The topological polar surface area (TPSA) is 77.4 Å².